The van der Waals surface area contributed by atoms with Gasteiger partial charge in [0.15, 0.2) is 0 Å². The predicted molar refractivity (Wildman–Crippen MR) is 65.2 cm³/mol. The average Bonchev–Trinajstić information content (AvgIpc) is 2.62. The zero-order chi connectivity index (χ0) is 13.3. The highest BCUT2D eigenvalue weighted by molar-refractivity contribution is 7.13. The fraction of sp³-hybridized carbons (Fsp3) is 0.455. The summed E-state index contributed by atoms with van der Waals surface area (Å²) in [5.41, 5.74) is 0.655. The summed E-state index contributed by atoms with van der Waals surface area (Å²) in [6, 6.07) is -0.642. The van der Waals surface area contributed by atoms with E-state index in [1.807, 2.05) is 6.92 Å². The molecule has 1 aliphatic heterocycles. The third-order valence-corrected chi connectivity index (χ3v) is 3.73. The molecule has 2 N–H and O–H groups in total. The monoisotopic (exact) mass is 267 g/mol. The Kier molecular flexibility index (Phi) is 3.42. The van der Waals surface area contributed by atoms with E-state index in [0.717, 1.165) is 5.01 Å². The Hall–Kier alpha value is -1.76. The molecule has 6 nitrogen and oxygen atoms in total. The number of thiazole rings is 1. The predicted octanol–water partition coefficient (Wildman–Crippen LogP) is 0.295. The number of carbonyl (C=O) groups excluding carboxylic acids is 3. The first-order chi connectivity index (χ1) is 8.47. The van der Waals surface area contributed by atoms with E-state index in [1.54, 1.807) is 6.92 Å². The van der Waals surface area contributed by atoms with Gasteiger partial charge in [0.05, 0.1) is 10.7 Å². The Labute approximate surface area is 108 Å². The molecule has 1 aromatic heterocycles. The maximum atomic E-state index is 12.0. The van der Waals surface area contributed by atoms with Crippen LogP contribution in [0, 0.1) is 13.8 Å². The number of imide groups is 1. The summed E-state index contributed by atoms with van der Waals surface area (Å²) in [6.07, 6.45) is 0.588. The van der Waals surface area contributed by atoms with Crippen molar-refractivity contribution in [2.75, 3.05) is 0 Å². The molecular formula is C11H13N3O3S. The standard InChI is InChI=1S/C11H13N3O3S/c1-5-9(18-6(2)12-5)11(17)13-7-3-4-8(15)14-10(7)16/h7H,3-4H2,1-2H3,(H,13,17)(H,14,15,16). The lowest BCUT2D eigenvalue weighted by atomic mass is 10.1. The van der Waals surface area contributed by atoms with Crippen molar-refractivity contribution in [1.82, 2.24) is 15.6 Å². The van der Waals surface area contributed by atoms with Crippen LogP contribution in [-0.4, -0.2) is 28.7 Å². The van der Waals surface area contributed by atoms with Gasteiger partial charge in [-0.15, -0.1) is 11.3 Å². The molecule has 3 amide bonds. The fourth-order valence-corrected chi connectivity index (χ4v) is 2.62. The van der Waals surface area contributed by atoms with E-state index in [2.05, 4.69) is 15.6 Å². The van der Waals surface area contributed by atoms with E-state index in [4.69, 9.17) is 0 Å². The smallest absolute Gasteiger partial charge is 0.263 e. The highest BCUT2D eigenvalue weighted by Crippen LogP contribution is 2.17. The molecular weight excluding hydrogens is 254 g/mol. The van der Waals surface area contributed by atoms with E-state index in [9.17, 15) is 14.4 Å². The first-order valence-corrected chi connectivity index (χ1v) is 6.37. The second-order valence-electron chi connectivity index (χ2n) is 4.12. The molecule has 2 rings (SSSR count). The van der Waals surface area contributed by atoms with Crippen LogP contribution in [0.4, 0.5) is 0 Å². The van der Waals surface area contributed by atoms with Crippen molar-refractivity contribution in [3.05, 3.63) is 15.6 Å². The molecule has 0 aromatic carbocycles. The second kappa shape index (κ2) is 4.85. The summed E-state index contributed by atoms with van der Waals surface area (Å²) in [5.74, 6) is -1.05. The van der Waals surface area contributed by atoms with Crippen LogP contribution < -0.4 is 10.6 Å². The number of aromatic nitrogens is 1. The number of nitrogens with zero attached hydrogens (tertiary/aromatic N) is 1. The zero-order valence-corrected chi connectivity index (χ0v) is 10.9. The van der Waals surface area contributed by atoms with Gasteiger partial charge in [-0.1, -0.05) is 0 Å². The minimum absolute atomic E-state index is 0.247. The van der Waals surface area contributed by atoms with E-state index >= 15 is 0 Å². The van der Waals surface area contributed by atoms with Crippen LogP contribution in [0.15, 0.2) is 0 Å². The van der Waals surface area contributed by atoms with Gasteiger partial charge in [0.25, 0.3) is 5.91 Å². The summed E-state index contributed by atoms with van der Waals surface area (Å²) in [6.45, 7) is 3.57. The fourth-order valence-electron chi connectivity index (χ4n) is 1.80. The number of amides is 3. The molecule has 96 valence electrons. The second-order valence-corrected chi connectivity index (χ2v) is 5.33. The number of aryl methyl sites for hydroxylation is 2. The SMILES string of the molecule is Cc1nc(C)c(C(=O)NC2CCC(=O)NC2=O)s1. The number of carbonyl (C=O) groups is 3. The van der Waals surface area contributed by atoms with Crippen LogP contribution in [0.2, 0.25) is 0 Å². The molecule has 0 spiro atoms. The molecule has 0 radical (unpaired) electrons. The van der Waals surface area contributed by atoms with Gasteiger partial charge in [-0.3, -0.25) is 19.7 Å². The number of nitrogens with one attached hydrogen (secondary N) is 2. The van der Waals surface area contributed by atoms with E-state index < -0.39 is 11.9 Å². The van der Waals surface area contributed by atoms with Gasteiger partial charge >= 0.3 is 0 Å². The molecule has 7 heteroatoms. The van der Waals surface area contributed by atoms with Crippen LogP contribution in [0.5, 0.6) is 0 Å². The van der Waals surface area contributed by atoms with Crippen LogP contribution in [-0.2, 0) is 9.59 Å². The van der Waals surface area contributed by atoms with Crippen LogP contribution in [0.3, 0.4) is 0 Å². The molecule has 0 saturated carbocycles. The highest BCUT2D eigenvalue weighted by atomic mass is 32.1. The molecule has 18 heavy (non-hydrogen) atoms. The van der Waals surface area contributed by atoms with Gasteiger partial charge in [-0.25, -0.2) is 4.98 Å². The lowest BCUT2D eigenvalue weighted by molar-refractivity contribution is -0.134. The normalized spacial score (nSPS) is 19.6. The number of hydrogen-bond donors (Lipinski definition) is 2. The molecule has 0 aliphatic carbocycles. The van der Waals surface area contributed by atoms with Gasteiger partial charge in [0.1, 0.15) is 10.9 Å². The van der Waals surface area contributed by atoms with E-state index in [-0.39, 0.29) is 18.2 Å². The maximum absolute atomic E-state index is 12.0. The quantitative estimate of drug-likeness (QED) is 0.754. The van der Waals surface area contributed by atoms with Crippen LogP contribution in [0.25, 0.3) is 0 Å². The highest BCUT2D eigenvalue weighted by Gasteiger charge is 2.28. The summed E-state index contributed by atoms with van der Waals surface area (Å²) < 4.78 is 0. The number of piperidine rings is 1. The Balaban J connectivity index is 2.06. The summed E-state index contributed by atoms with van der Waals surface area (Å²) in [4.78, 5) is 39.1. The van der Waals surface area contributed by atoms with Crippen molar-refractivity contribution in [2.45, 2.75) is 32.7 Å². The van der Waals surface area contributed by atoms with Crippen molar-refractivity contribution in [3.63, 3.8) is 0 Å². The van der Waals surface area contributed by atoms with Crippen LogP contribution in [0.1, 0.15) is 33.2 Å². The van der Waals surface area contributed by atoms with Crippen molar-refractivity contribution in [1.29, 1.82) is 0 Å². The van der Waals surface area contributed by atoms with Crippen molar-refractivity contribution < 1.29 is 14.4 Å². The molecule has 0 bridgehead atoms. The van der Waals surface area contributed by atoms with Crippen molar-refractivity contribution in [2.24, 2.45) is 0 Å². The van der Waals surface area contributed by atoms with Gasteiger partial charge in [-0.05, 0) is 20.3 Å². The zero-order valence-electron chi connectivity index (χ0n) is 10.1. The van der Waals surface area contributed by atoms with Gasteiger partial charge in [-0.2, -0.15) is 0 Å². The van der Waals surface area contributed by atoms with Gasteiger partial charge in [0, 0.05) is 6.42 Å². The Morgan fingerprint density at radius 1 is 1.44 bits per heavy atom. The molecule has 1 fully saturated rings. The first-order valence-electron chi connectivity index (χ1n) is 5.56. The molecule has 2 heterocycles. The summed E-state index contributed by atoms with van der Waals surface area (Å²) in [5, 5.41) is 5.63. The van der Waals surface area contributed by atoms with E-state index in [0.29, 0.717) is 17.0 Å². The van der Waals surface area contributed by atoms with Gasteiger partial charge < -0.3 is 5.32 Å². The third kappa shape index (κ3) is 2.56. The topological polar surface area (TPSA) is 88.2 Å². The summed E-state index contributed by atoms with van der Waals surface area (Å²) in [7, 11) is 0. The Morgan fingerprint density at radius 2 is 2.17 bits per heavy atom. The number of hydrogen-bond acceptors (Lipinski definition) is 5. The van der Waals surface area contributed by atoms with Crippen molar-refractivity contribution >= 4 is 29.1 Å². The molecule has 1 aromatic rings. The molecule has 1 unspecified atom stereocenters. The first kappa shape index (κ1) is 12.7. The van der Waals surface area contributed by atoms with Gasteiger partial charge in [0.2, 0.25) is 11.8 Å². The largest absolute Gasteiger partial charge is 0.339 e. The van der Waals surface area contributed by atoms with Crippen LogP contribution >= 0.6 is 11.3 Å². The minimum atomic E-state index is -0.642. The lowest BCUT2D eigenvalue weighted by Gasteiger charge is -2.21. The van der Waals surface area contributed by atoms with E-state index in [1.165, 1.54) is 11.3 Å². The minimum Gasteiger partial charge on any atom is -0.339 e. The Morgan fingerprint density at radius 3 is 2.72 bits per heavy atom. The molecule has 1 aliphatic rings. The number of rotatable bonds is 2. The average molecular weight is 267 g/mol. The molecule has 1 atom stereocenters. The molecule has 1 saturated heterocycles. The van der Waals surface area contributed by atoms with Crippen molar-refractivity contribution in [3.8, 4) is 0 Å². The maximum Gasteiger partial charge on any atom is 0.263 e. The Bertz CT molecular complexity index is 524. The summed E-state index contributed by atoms with van der Waals surface area (Å²) >= 11 is 1.29. The lowest BCUT2D eigenvalue weighted by Crippen LogP contribution is -2.52. The third-order valence-electron chi connectivity index (χ3n) is 2.65.